The van der Waals surface area contributed by atoms with E-state index >= 15 is 0 Å². The molecule has 0 bridgehead atoms. The first kappa shape index (κ1) is 13.7. The van der Waals surface area contributed by atoms with E-state index < -0.39 is 5.91 Å². The lowest BCUT2D eigenvalue weighted by atomic mass is 10.5. The summed E-state index contributed by atoms with van der Waals surface area (Å²) in [7, 11) is 1.69. The molecule has 20 heavy (non-hydrogen) atoms. The zero-order valence-corrected chi connectivity index (χ0v) is 11.3. The topological polar surface area (TPSA) is 115 Å². The van der Waals surface area contributed by atoms with Gasteiger partial charge in [-0.1, -0.05) is 0 Å². The smallest absolute Gasteiger partial charge is 0.241 e. The molecule has 2 heterocycles. The molecule has 2 aromatic heterocycles. The maximum atomic E-state index is 11.0. The van der Waals surface area contributed by atoms with Crippen molar-refractivity contribution >= 4 is 17.8 Å². The van der Waals surface area contributed by atoms with Crippen LogP contribution >= 0.6 is 0 Å². The number of likely N-dealkylation sites (N-methyl/N-ethyl adjacent to an activating group) is 1. The second-order valence-electron chi connectivity index (χ2n) is 4.08. The zero-order valence-electron chi connectivity index (χ0n) is 11.3. The molecule has 106 valence electrons. The molecule has 0 aromatic carbocycles. The van der Waals surface area contributed by atoms with Crippen molar-refractivity contribution in [1.29, 1.82) is 0 Å². The fourth-order valence-corrected chi connectivity index (χ4v) is 1.56. The van der Waals surface area contributed by atoms with Crippen LogP contribution in [0.5, 0.6) is 0 Å². The maximum absolute atomic E-state index is 11.0. The highest BCUT2D eigenvalue weighted by Gasteiger charge is 2.12. The Morgan fingerprint density at radius 3 is 2.85 bits per heavy atom. The van der Waals surface area contributed by atoms with Gasteiger partial charge in [0.25, 0.3) is 0 Å². The Balaban J connectivity index is 2.38. The second kappa shape index (κ2) is 5.95. The summed E-state index contributed by atoms with van der Waals surface area (Å²) in [5, 5.41) is 3.02. The van der Waals surface area contributed by atoms with E-state index in [0.29, 0.717) is 24.4 Å². The van der Waals surface area contributed by atoms with E-state index in [1.165, 1.54) is 0 Å². The number of aromatic nitrogens is 5. The van der Waals surface area contributed by atoms with Gasteiger partial charge < -0.3 is 16.0 Å². The molecule has 9 nitrogen and oxygen atoms in total. The van der Waals surface area contributed by atoms with Crippen molar-refractivity contribution in [2.45, 2.75) is 6.92 Å². The van der Waals surface area contributed by atoms with Crippen LogP contribution in [-0.4, -0.2) is 50.5 Å². The van der Waals surface area contributed by atoms with Crippen LogP contribution in [0.15, 0.2) is 18.7 Å². The van der Waals surface area contributed by atoms with E-state index in [2.05, 4.69) is 25.3 Å². The molecular weight excluding hydrogens is 260 g/mol. The Labute approximate surface area is 115 Å². The molecule has 0 radical (unpaired) electrons. The summed E-state index contributed by atoms with van der Waals surface area (Å²) in [4.78, 5) is 29.3. The second-order valence-corrected chi connectivity index (χ2v) is 4.08. The van der Waals surface area contributed by atoms with Gasteiger partial charge in [0, 0.05) is 26.0 Å². The standard InChI is InChI=1S/C11H16N8O/c1-3-14-9-15-10(18(2)6-8(12)20)17-11(16-9)19-5-4-13-7-19/h4-5,7H,3,6H2,1-2H3,(H2,12,20)(H,14,15,16,17). The van der Waals surface area contributed by atoms with Crippen molar-refractivity contribution in [3.8, 4) is 5.95 Å². The molecule has 0 atom stereocenters. The maximum Gasteiger partial charge on any atom is 0.241 e. The summed E-state index contributed by atoms with van der Waals surface area (Å²) >= 11 is 0. The Morgan fingerprint density at radius 2 is 2.25 bits per heavy atom. The number of nitrogens with one attached hydrogen (secondary N) is 1. The summed E-state index contributed by atoms with van der Waals surface area (Å²) in [6, 6.07) is 0. The van der Waals surface area contributed by atoms with Crippen LogP contribution in [0.2, 0.25) is 0 Å². The number of imidazole rings is 1. The van der Waals surface area contributed by atoms with Gasteiger partial charge in [-0.25, -0.2) is 4.98 Å². The average Bonchev–Trinajstić information content (AvgIpc) is 2.92. The summed E-state index contributed by atoms with van der Waals surface area (Å²) in [6.45, 7) is 2.64. The van der Waals surface area contributed by atoms with Gasteiger partial charge in [-0.2, -0.15) is 15.0 Å². The van der Waals surface area contributed by atoms with Crippen molar-refractivity contribution in [2.24, 2.45) is 5.73 Å². The molecule has 0 aliphatic carbocycles. The number of hydrogen-bond donors (Lipinski definition) is 2. The van der Waals surface area contributed by atoms with Crippen LogP contribution in [0.4, 0.5) is 11.9 Å². The number of nitrogens with zero attached hydrogens (tertiary/aromatic N) is 6. The summed E-state index contributed by atoms with van der Waals surface area (Å²) in [5.41, 5.74) is 5.18. The van der Waals surface area contributed by atoms with Gasteiger partial charge in [0.1, 0.15) is 6.33 Å². The summed E-state index contributed by atoms with van der Waals surface area (Å²) < 4.78 is 1.66. The fourth-order valence-electron chi connectivity index (χ4n) is 1.56. The van der Waals surface area contributed by atoms with Crippen molar-refractivity contribution in [1.82, 2.24) is 24.5 Å². The first-order valence-electron chi connectivity index (χ1n) is 6.08. The molecule has 0 unspecified atom stereocenters. The molecular formula is C11H16N8O. The monoisotopic (exact) mass is 276 g/mol. The number of hydrogen-bond acceptors (Lipinski definition) is 7. The van der Waals surface area contributed by atoms with Crippen molar-refractivity contribution in [3.63, 3.8) is 0 Å². The first-order chi connectivity index (χ1) is 9.60. The summed E-state index contributed by atoms with van der Waals surface area (Å²) in [5.74, 6) is 0.748. The zero-order chi connectivity index (χ0) is 14.5. The third-order valence-electron chi connectivity index (χ3n) is 2.42. The minimum absolute atomic E-state index is 0.0267. The van der Waals surface area contributed by atoms with E-state index in [1.807, 2.05) is 6.92 Å². The van der Waals surface area contributed by atoms with Gasteiger partial charge >= 0.3 is 0 Å². The molecule has 0 saturated carbocycles. The van der Waals surface area contributed by atoms with Gasteiger partial charge in [-0.15, -0.1) is 0 Å². The molecule has 0 saturated heterocycles. The molecule has 0 aliphatic heterocycles. The number of nitrogens with two attached hydrogens (primary N) is 1. The lowest BCUT2D eigenvalue weighted by molar-refractivity contribution is -0.116. The molecule has 0 spiro atoms. The molecule has 3 N–H and O–H groups in total. The van der Waals surface area contributed by atoms with Crippen LogP contribution in [-0.2, 0) is 4.79 Å². The number of amides is 1. The van der Waals surface area contributed by atoms with Gasteiger partial charge in [0.2, 0.25) is 23.8 Å². The number of carbonyl (C=O) groups is 1. The van der Waals surface area contributed by atoms with Crippen LogP contribution in [0.3, 0.4) is 0 Å². The highest BCUT2D eigenvalue weighted by molar-refractivity contribution is 5.78. The van der Waals surface area contributed by atoms with E-state index in [9.17, 15) is 4.79 Å². The largest absolute Gasteiger partial charge is 0.368 e. The number of rotatable bonds is 6. The molecule has 9 heteroatoms. The van der Waals surface area contributed by atoms with Crippen molar-refractivity contribution in [2.75, 3.05) is 30.4 Å². The van der Waals surface area contributed by atoms with Gasteiger partial charge in [-0.05, 0) is 6.92 Å². The fraction of sp³-hybridized carbons (Fsp3) is 0.364. The highest BCUT2D eigenvalue weighted by Crippen LogP contribution is 2.11. The predicted molar refractivity (Wildman–Crippen MR) is 73.6 cm³/mol. The normalized spacial score (nSPS) is 10.3. The minimum Gasteiger partial charge on any atom is -0.368 e. The molecule has 1 amide bonds. The van der Waals surface area contributed by atoms with Gasteiger partial charge in [-0.3, -0.25) is 9.36 Å². The van der Waals surface area contributed by atoms with Crippen molar-refractivity contribution < 1.29 is 4.79 Å². The van der Waals surface area contributed by atoms with Crippen molar-refractivity contribution in [3.05, 3.63) is 18.7 Å². The third kappa shape index (κ3) is 3.19. The Bertz CT molecular complexity index is 582. The molecule has 2 rings (SSSR count). The number of anilines is 2. The average molecular weight is 276 g/mol. The van der Waals surface area contributed by atoms with Gasteiger partial charge in [0.05, 0.1) is 6.54 Å². The quantitative estimate of drug-likeness (QED) is 0.724. The number of carbonyl (C=O) groups excluding carboxylic acids is 1. The van der Waals surface area contributed by atoms with Crippen LogP contribution in [0.25, 0.3) is 5.95 Å². The lowest BCUT2D eigenvalue weighted by Gasteiger charge is -2.16. The number of primary amides is 1. The Hall–Kier alpha value is -2.71. The molecule has 2 aromatic rings. The van der Waals surface area contributed by atoms with E-state index in [0.717, 1.165) is 0 Å². The SMILES string of the molecule is CCNc1nc(N(C)CC(N)=O)nc(-n2ccnc2)n1. The van der Waals surface area contributed by atoms with E-state index in [1.54, 1.807) is 35.2 Å². The highest BCUT2D eigenvalue weighted by atomic mass is 16.1. The minimum atomic E-state index is -0.456. The van der Waals surface area contributed by atoms with E-state index in [-0.39, 0.29) is 6.54 Å². The molecule has 0 fully saturated rings. The Kier molecular flexibility index (Phi) is 4.08. The van der Waals surface area contributed by atoms with Crippen LogP contribution < -0.4 is 16.0 Å². The first-order valence-corrected chi connectivity index (χ1v) is 6.08. The molecule has 0 aliphatic rings. The van der Waals surface area contributed by atoms with Gasteiger partial charge in [0.15, 0.2) is 0 Å². The lowest BCUT2D eigenvalue weighted by Crippen LogP contribution is -2.32. The Morgan fingerprint density at radius 1 is 1.45 bits per heavy atom. The summed E-state index contributed by atoms with van der Waals surface area (Å²) in [6.07, 6.45) is 4.94. The van der Waals surface area contributed by atoms with E-state index in [4.69, 9.17) is 5.73 Å². The third-order valence-corrected chi connectivity index (χ3v) is 2.42. The van der Waals surface area contributed by atoms with Crippen LogP contribution in [0.1, 0.15) is 6.92 Å². The van der Waals surface area contributed by atoms with Crippen LogP contribution in [0, 0.1) is 0 Å². The predicted octanol–water partition coefficient (Wildman–Crippen LogP) is -0.589.